The molecule has 1 aliphatic carbocycles. The Morgan fingerprint density at radius 3 is 2.82 bits per heavy atom. The van der Waals surface area contributed by atoms with Crippen molar-refractivity contribution in [3.8, 4) is 0 Å². The van der Waals surface area contributed by atoms with Gasteiger partial charge >= 0.3 is 6.18 Å². The summed E-state index contributed by atoms with van der Waals surface area (Å²) in [7, 11) is 0. The van der Waals surface area contributed by atoms with Crippen molar-refractivity contribution in [1.29, 1.82) is 0 Å². The molecule has 22 heavy (non-hydrogen) atoms. The summed E-state index contributed by atoms with van der Waals surface area (Å²) in [5, 5.41) is 7.58. The Balaban J connectivity index is 1.74. The maximum Gasteiger partial charge on any atom is 0.445 e. The number of halogens is 3. The molecule has 1 N–H and O–H groups in total. The van der Waals surface area contributed by atoms with Crippen LogP contribution in [0.1, 0.15) is 38.5 Å². The van der Waals surface area contributed by atoms with Crippen LogP contribution in [0, 0.1) is 5.92 Å². The van der Waals surface area contributed by atoms with Crippen molar-refractivity contribution < 1.29 is 18.0 Å². The maximum atomic E-state index is 12.5. The number of carbonyl (C=O) groups is 1. The smallest absolute Gasteiger partial charge is 0.296 e. The highest BCUT2D eigenvalue weighted by Crippen LogP contribution is 2.34. The number of aryl methyl sites for hydroxylation is 1. The zero-order valence-electron chi connectivity index (χ0n) is 11.5. The molecule has 3 rings (SSSR count). The highest BCUT2D eigenvalue weighted by molar-refractivity contribution is 7.16. The lowest BCUT2D eigenvalue weighted by Gasteiger charge is -2.16. The van der Waals surface area contributed by atoms with Crippen LogP contribution in [0.3, 0.4) is 0 Å². The number of carbonyl (C=O) groups excluding carboxylic acids is 1. The highest BCUT2D eigenvalue weighted by atomic mass is 32.1. The minimum atomic E-state index is -4.54. The Bertz CT molecular complexity index is 708. The van der Waals surface area contributed by atoms with Crippen molar-refractivity contribution in [2.24, 2.45) is 5.92 Å². The Morgan fingerprint density at radius 1 is 1.36 bits per heavy atom. The van der Waals surface area contributed by atoms with Gasteiger partial charge in [0, 0.05) is 4.88 Å². The fourth-order valence-electron chi connectivity index (χ4n) is 2.36. The van der Waals surface area contributed by atoms with Crippen LogP contribution in [0.5, 0.6) is 0 Å². The number of alkyl halides is 3. The van der Waals surface area contributed by atoms with Gasteiger partial charge in [-0.15, -0.1) is 21.5 Å². The van der Waals surface area contributed by atoms with E-state index in [2.05, 4.69) is 22.4 Å². The van der Waals surface area contributed by atoms with E-state index in [9.17, 15) is 18.0 Å². The molecule has 0 fully saturated rings. The Labute approximate surface area is 132 Å². The minimum absolute atomic E-state index is 0.142. The van der Waals surface area contributed by atoms with Gasteiger partial charge in [-0.05, 0) is 36.8 Å². The van der Waals surface area contributed by atoms with Gasteiger partial charge in [-0.25, -0.2) is 0 Å². The summed E-state index contributed by atoms with van der Waals surface area (Å²) in [6, 6.07) is 1.83. The molecule has 0 aromatic carbocycles. The highest BCUT2D eigenvalue weighted by Gasteiger charge is 2.36. The standard InChI is InChI=1S/C13H12F3N3OS2/c1-6-2-3-8-7(4-6)5-9(21-8)10(20)17-12-19-18-11(22-12)13(14,15)16/h5-6H,2-4H2,1H3,(H,17,19,20)/t6-/m0/s1. The lowest BCUT2D eigenvalue weighted by Crippen LogP contribution is -2.10. The van der Waals surface area contributed by atoms with Crippen molar-refractivity contribution >= 4 is 33.7 Å². The Hall–Kier alpha value is -1.48. The predicted molar refractivity (Wildman–Crippen MR) is 78.4 cm³/mol. The molecule has 4 nitrogen and oxygen atoms in total. The quantitative estimate of drug-likeness (QED) is 0.893. The molecule has 1 aliphatic rings. The number of hydrogen-bond acceptors (Lipinski definition) is 5. The monoisotopic (exact) mass is 347 g/mol. The fourth-order valence-corrected chi connectivity index (χ4v) is 4.07. The number of aromatic nitrogens is 2. The van der Waals surface area contributed by atoms with Crippen LogP contribution in [-0.4, -0.2) is 16.1 Å². The van der Waals surface area contributed by atoms with E-state index in [-0.39, 0.29) is 5.13 Å². The molecule has 0 unspecified atom stereocenters. The number of thiophene rings is 1. The SMILES string of the molecule is C[C@H]1CCc2sc(C(=O)Nc3nnc(C(F)(F)F)s3)cc2C1. The lowest BCUT2D eigenvalue weighted by atomic mass is 9.90. The third-order valence-electron chi connectivity index (χ3n) is 3.44. The zero-order chi connectivity index (χ0) is 15.9. The summed E-state index contributed by atoms with van der Waals surface area (Å²) >= 11 is 1.72. The van der Waals surface area contributed by atoms with E-state index in [0.717, 1.165) is 19.3 Å². The minimum Gasteiger partial charge on any atom is -0.296 e. The summed E-state index contributed by atoms with van der Waals surface area (Å²) < 4.78 is 37.4. The molecule has 0 bridgehead atoms. The van der Waals surface area contributed by atoms with E-state index in [1.165, 1.54) is 21.8 Å². The van der Waals surface area contributed by atoms with Crippen molar-refractivity contribution in [3.63, 3.8) is 0 Å². The number of amides is 1. The largest absolute Gasteiger partial charge is 0.445 e. The van der Waals surface area contributed by atoms with Crippen LogP contribution in [0.2, 0.25) is 0 Å². The Morgan fingerprint density at radius 2 is 2.14 bits per heavy atom. The first-order valence-electron chi connectivity index (χ1n) is 6.66. The molecule has 0 aliphatic heterocycles. The van der Waals surface area contributed by atoms with Crippen LogP contribution in [0.25, 0.3) is 0 Å². The van der Waals surface area contributed by atoms with Gasteiger partial charge < -0.3 is 0 Å². The first-order valence-corrected chi connectivity index (χ1v) is 8.30. The fraction of sp³-hybridized carbons (Fsp3) is 0.462. The van der Waals surface area contributed by atoms with Crippen molar-refractivity contribution in [2.75, 3.05) is 5.32 Å². The molecule has 118 valence electrons. The van der Waals surface area contributed by atoms with Crippen LogP contribution < -0.4 is 5.32 Å². The van der Waals surface area contributed by atoms with Crippen LogP contribution in [0.15, 0.2) is 6.07 Å². The molecule has 0 saturated carbocycles. The molecule has 0 spiro atoms. The number of anilines is 1. The molecule has 0 radical (unpaired) electrons. The topological polar surface area (TPSA) is 54.9 Å². The molecule has 9 heteroatoms. The number of nitrogens with zero attached hydrogens (tertiary/aromatic N) is 2. The van der Waals surface area contributed by atoms with Gasteiger partial charge in [0.15, 0.2) is 0 Å². The van der Waals surface area contributed by atoms with E-state index in [0.29, 0.717) is 22.1 Å². The second-order valence-corrected chi connectivity index (χ2v) is 7.39. The van der Waals surface area contributed by atoms with Crippen molar-refractivity contribution in [1.82, 2.24) is 10.2 Å². The second-order valence-electron chi connectivity index (χ2n) is 5.27. The number of hydrogen-bond donors (Lipinski definition) is 1. The summed E-state index contributed by atoms with van der Waals surface area (Å²) in [6.07, 6.45) is -1.56. The van der Waals surface area contributed by atoms with Gasteiger partial charge in [-0.1, -0.05) is 18.3 Å². The first-order chi connectivity index (χ1) is 10.3. The molecule has 2 aromatic heterocycles. The molecule has 1 amide bonds. The number of rotatable bonds is 2. The third-order valence-corrected chi connectivity index (χ3v) is 5.56. The van der Waals surface area contributed by atoms with Gasteiger partial charge in [-0.3, -0.25) is 10.1 Å². The lowest BCUT2D eigenvalue weighted by molar-refractivity contribution is -0.138. The second kappa shape index (κ2) is 5.62. The average molecular weight is 347 g/mol. The van der Waals surface area contributed by atoms with Gasteiger partial charge in [0.05, 0.1) is 4.88 Å². The number of fused-ring (bicyclic) bond motifs is 1. The van der Waals surface area contributed by atoms with Crippen LogP contribution in [0.4, 0.5) is 18.3 Å². The van der Waals surface area contributed by atoms with Crippen LogP contribution in [-0.2, 0) is 19.0 Å². The van der Waals surface area contributed by atoms with Crippen LogP contribution >= 0.6 is 22.7 Å². The molecule has 2 aromatic rings. The summed E-state index contributed by atoms with van der Waals surface area (Å²) in [5.74, 6) is 0.160. The zero-order valence-corrected chi connectivity index (χ0v) is 13.2. The van der Waals surface area contributed by atoms with Gasteiger partial charge in [0.25, 0.3) is 5.91 Å². The molecular formula is C13H12F3N3OS2. The molecular weight excluding hydrogens is 335 g/mol. The van der Waals surface area contributed by atoms with Gasteiger partial charge in [-0.2, -0.15) is 13.2 Å². The van der Waals surface area contributed by atoms with E-state index in [1.54, 1.807) is 0 Å². The van der Waals surface area contributed by atoms with E-state index < -0.39 is 17.1 Å². The molecule has 1 atom stereocenters. The van der Waals surface area contributed by atoms with Gasteiger partial charge in [0.1, 0.15) is 0 Å². The molecule has 0 saturated heterocycles. The first kappa shape index (κ1) is 15.4. The normalized spacial score (nSPS) is 18.1. The molecule has 2 heterocycles. The van der Waals surface area contributed by atoms with E-state index >= 15 is 0 Å². The van der Waals surface area contributed by atoms with Crippen molar-refractivity contribution in [3.05, 3.63) is 26.4 Å². The van der Waals surface area contributed by atoms with E-state index in [4.69, 9.17) is 0 Å². The summed E-state index contributed by atoms with van der Waals surface area (Å²) in [4.78, 5) is 13.8. The average Bonchev–Trinajstić information content (AvgIpc) is 3.03. The van der Waals surface area contributed by atoms with Gasteiger partial charge in [0.2, 0.25) is 10.1 Å². The maximum absolute atomic E-state index is 12.5. The summed E-state index contributed by atoms with van der Waals surface area (Å²) in [5.41, 5.74) is 1.17. The third kappa shape index (κ3) is 3.14. The predicted octanol–water partition coefficient (Wildman–Crippen LogP) is 4.00. The number of nitrogens with one attached hydrogen (secondary N) is 1. The Kier molecular flexibility index (Phi) is 3.94. The van der Waals surface area contributed by atoms with Crippen molar-refractivity contribution in [2.45, 2.75) is 32.4 Å². The van der Waals surface area contributed by atoms with E-state index in [1.807, 2.05) is 6.07 Å². The summed E-state index contributed by atoms with van der Waals surface area (Å²) in [6.45, 7) is 2.17.